The molecule has 4 N–H and O–H groups in total. The monoisotopic (exact) mass is 369 g/mol. The van der Waals surface area contributed by atoms with E-state index in [1.807, 2.05) is 11.8 Å². The zero-order valence-electron chi connectivity index (χ0n) is 14.8. The Morgan fingerprint density at radius 2 is 2.12 bits per heavy atom. The normalized spacial score (nSPS) is 37.6. The molecule has 142 valence electrons. The molecule has 7 nitrogen and oxygen atoms in total. The lowest BCUT2D eigenvalue weighted by Crippen LogP contribution is -2.44. The van der Waals surface area contributed by atoms with Gasteiger partial charge >= 0.3 is 0 Å². The molecule has 4 unspecified atom stereocenters. The molecule has 4 rings (SSSR count). The van der Waals surface area contributed by atoms with Gasteiger partial charge in [-0.25, -0.2) is 5.01 Å². The van der Waals surface area contributed by atoms with Gasteiger partial charge in [-0.3, -0.25) is 15.1 Å². The largest absolute Gasteiger partial charge is 0.348 e. The quantitative estimate of drug-likeness (QED) is 0.551. The minimum absolute atomic E-state index is 0.0253. The third-order valence-electron chi connectivity index (χ3n) is 5.87. The van der Waals surface area contributed by atoms with Crippen LogP contribution in [-0.2, 0) is 9.63 Å². The molecule has 4 atom stereocenters. The fourth-order valence-electron chi connectivity index (χ4n) is 4.41. The van der Waals surface area contributed by atoms with Crippen LogP contribution in [0.1, 0.15) is 38.5 Å². The second-order valence-corrected chi connectivity index (χ2v) is 9.07. The summed E-state index contributed by atoms with van der Waals surface area (Å²) < 4.78 is 0. The van der Waals surface area contributed by atoms with Crippen LogP contribution in [0.3, 0.4) is 0 Å². The average Bonchev–Trinajstić information content (AvgIpc) is 3.37. The highest BCUT2D eigenvalue weighted by atomic mass is 32.2. The first-order chi connectivity index (χ1) is 12.3. The maximum atomic E-state index is 12.5. The maximum Gasteiger partial charge on any atom is 0.251 e. The molecule has 4 fully saturated rings. The Balaban J connectivity index is 1.18. The van der Waals surface area contributed by atoms with Crippen molar-refractivity contribution < 1.29 is 9.63 Å². The van der Waals surface area contributed by atoms with E-state index in [0.717, 1.165) is 44.4 Å². The van der Waals surface area contributed by atoms with Gasteiger partial charge < -0.3 is 10.6 Å². The van der Waals surface area contributed by atoms with Gasteiger partial charge in [0.25, 0.3) is 5.91 Å². The lowest BCUT2D eigenvalue weighted by molar-refractivity contribution is -0.133. The highest BCUT2D eigenvalue weighted by Crippen LogP contribution is 2.26. The fourth-order valence-corrected chi connectivity index (χ4v) is 5.50. The van der Waals surface area contributed by atoms with E-state index < -0.39 is 0 Å². The molecule has 3 aliphatic heterocycles. The second-order valence-electron chi connectivity index (χ2n) is 7.85. The molecule has 3 heterocycles. The van der Waals surface area contributed by atoms with Gasteiger partial charge in [0.1, 0.15) is 0 Å². The van der Waals surface area contributed by atoms with E-state index in [9.17, 15) is 4.79 Å². The molecule has 1 aliphatic carbocycles. The van der Waals surface area contributed by atoms with Crippen LogP contribution >= 0.6 is 11.8 Å². The van der Waals surface area contributed by atoms with Crippen LogP contribution in [0.25, 0.3) is 0 Å². The van der Waals surface area contributed by atoms with Crippen LogP contribution in [0.5, 0.6) is 0 Å². The van der Waals surface area contributed by atoms with E-state index in [-0.39, 0.29) is 24.1 Å². The van der Waals surface area contributed by atoms with E-state index in [2.05, 4.69) is 26.5 Å². The molecule has 0 aromatic carbocycles. The summed E-state index contributed by atoms with van der Waals surface area (Å²) in [5.41, 5.74) is 6.52. The number of carbonyl (C=O) groups excluding carboxylic acids is 1. The van der Waals surface area contributed by atoms with Crippen LogP contribution in [0, 0.1) is 5.92 Å². The summed E-state index contributed by atoms with van der Waals surface area (Å²) in [6, 6.07) is 0.446. The van der Waals surface area contributed by atoms with Crippen molar-refractivity contribution in [2.75, 3.05) is 32.1 Å². The lowest BCUT2D eigenvalue weighted by Gasteiger charge is -2.26. The number of nitrogens with zero attached hydrogens (tertiary/aromatic N) is 1. The summed E-state index contributed by atoms with van der Waals surface area (Å²) >= 11 is 1.90. The summed E-state index contributed by atoms with van der Waals surface area (Å²) in [6.45, 7) is 3.82. The molecular formula is C17H31N5O2S. The number of rotatable bonds is 5. The molecule has 0 bridgehead atoms. The molecule has 8 heteroatoms. The van der Waals surface area contributed by atoms with Gasteiger partial charge in [-0.05, 0) is 18.8 Å². The smallest absolute Gasteiger partial charge is 0.251 e. The van der Waals surface area contributed by atoms with E-state index in [0.29, 0.717) is 5.25 Å². The Morgan fingerprint density at radius 3 is 2.92 bits per heavy atom. The average molecular weight is 370 g/mol. The summed E-state index contributed by atoms with van der Waals surface area (Å²) in [7, 11) is 0. The summed E-state index contributed by atoms with van der Waals surface area (Å²) in [5.74, 6) is 1.83. The molecule has 1 amide bonds. The number of thioether (sulfide) groups is 1. The Bertz CT molecular complexity index is 456. The van der Waals surface area contributed by atoms with Gasteiger partial charge in [0.2, 0.25) is 0 Å². The van der Waals surface area contributed by atoms with Crippen molar-refractivity contribution in [3.05, 3.63) is 0 Å². The Kier molecular flexibility index (Phi) is 6.15. The van der Waals surface area contributed by atoms with Crippen LogP contribution in [0.4, 0.5) is 0 Å². The van der Waals surface area contributed by atoms with Gasteiger partial charge in [-0.1, -0.05) is 19.3 Å². The maximum absolute atomic E-state index is 12.5. The molecular weight excluding hydrogens is 338 g/mol. The second kappa shape index (κ2) is 8.54. The topological polar surface area (TPSA) is 77.7 Å². The van der Waals surface area contributed by atoms with Crippen molar-refractivity contribution in [3.8, 4) is 0 Å². The molecule has 0 aromatic rings. The molecule has 0 aromatic heterocycles. The van der Waals surface area contributed by atoms with Crippen molar-refractivity contribution in [1.82, 2.24) is 26.5 Å². The summed E-state index contributed by atoms with van der Waals surface area (Å²) in [4.78, 5) is 18.1. The predicted octanol–water partition coefficient (Wildman–Crippen LogP) is 0.196. The van der Waals surface area contributed by atoms with E-state index in [1.54, 1.807) is 0 Å². The molecule has 3 saturated heterocycles. The summed E-state index contributed by atoms with van der Waals surface area (Å²) in [5, 5.41) is 9.31. The number of carbonyl (C=O) groups is 1. The van der Waals surface area contributed by atoms with E-state index in [1.165, 1.54) is 32.1 Å². The van der Waals surface area contributed by atoms with Gasteiger partial charge in [0.05, 0.1) is 6.04 Å². The number of nitrogens with one attached hydrogen (secondary N) is 4. The molecule has 0 spiro atoms. The van der Waals surface area contributed by atoms with Crippen molar-refractivity contribution in [3.63, 3.8) is 0 Å². The van der Waals surface area contributed by atoms with Crippen molar-refractivity contribution in [2.45, 2.75) is 62.0 Å². The van der Waals surface area contributed by atoms with Crippen LogP contribution < -0.4 is 21.5 Å². The zero-order chi connectivity index (χ0) is 17.1. The Labute approximate surface area is 154 Å². The van der Waals surface area contributed by atoms with Gasteiger partial charge in [0.15, 0.2) is 6.10 Å². The predicted molar refractivity (Wildman–Crippen MR) is 98.7 cm³/mol. The lowest BCUT2D eigenvalue weighted by atomic mass is 9.89. The first-order valence-electron chi connectivity index (χ1n) is 9.80. The SMILES string of the molecule is O=C(NC1CNN(CC2CCCCC2)C1)C1CC(C2CNCS2)NO1. The van der Waals surface area contributed by atoms with Crippen LogP contribution in [0.15, 0.2) is 0 Å². The number of hydrogen-bond donors (Lipinski definition) is 4. The third kappa shape index (κ3) is 4.67. The zero-order valence-corrected chi connectivity index (χ0v) is 15.7. The van der Waals surface area contributed by atoms with Crippen molar-refractivity contribution >= 4 is 17.7 Å². The fraction of sp³-hybridized carbons (Fsp3) is 0.941. The van der Waals surface area contributed by atoms with Crippen molar-refractivity contribution in [1.29, 1.82) is 0 Å². The summed E-state index contributed by atoms with van der Waals surface area (Å²) in [6.07, 6.45) is 7.25. The van der Waals surface area contributed by atoms with Crippen LogP contribution in [0.2, 0.25) is 0 Å². The van der Waals surface area contributed by atoms with Crippen molar-refractivity contribution in [2.24, 2.45) is 5.92 Å². The number of hydrazine groups is 1. The van der Waals surface area contributed by atoms with Crippen LogP contribution in [-0.4, -0.2) is 66.4 Å². The first-order valence-corrected chi connectivity index (χ1v) is 10.8. The Morgan fingerprint density at radius 1 is 1.24 bits per heavy atom. The molecule has 0 radical (unpaired) electrons. The molecule has 1 saturated carbocycles. The van der Waals surface area contributed by atoms with E-state index in [4.69, 9.17) is 4.84 Å². The Hall–Kier alpha value is -0.380. The third-order valence-corrected chi connectivity index (χ3v) is 7.16. The molecule has 4 aliphatic rings. The highest BCUT2D eigenvalue weighted by Gasteiger charge is 2.38. The number of hydrogen-bond acceptors (Lipinski definition) is 7. The van der Waals surface area contributed by atoms with Gasteiger partial charge in [-0.15, -0.1) is 11.8 Å². The minimum atomic E-state index is -0.362. The van der Waals surface area contributed by atoms with E-state index >= 15 is 0 Å². The van der Waals surface area contributed by atoms with Gasteiger partial charge in [-0.2, -0.15) is 5.48 Å². The highest BCUT2D eigenvalue weighted by molar-refractivity contribution is 8.00. The number of amides is 1. The number of hydroxylamine groups is 1. The molecule has 25 heavy (non-hydrogen) atoms. The standard InChI is InChI=1S/C17H31N5O2S/c23-17(15-6-14(21-24-15)16-8-18-11-25-16)20-13-7-19-22(10-13)9-12-4-2-1-3-5-12/h12-16,18-19,21H,1-11H2,(H,20,23). The minimum Gasteiger partial charge on any atom is -0.348 e. The van der Waals surface area contributed by atoms with Gasteiger partial charge in [0, 0.05) is 49.8 Å². The first kappa shape index (κ1) is 18.0.